The van der Waals surface area contributed by atoms with Crippen molar-refractivity contribution in [2.45, 2.75) is 12.4 Å². The minimum atomic E-state index is -4.53. The zero-order valence-electron chi connectivity index (χ0n) is 13.3. The van der Waals surface area contributed by atoms with E-state index in [2.05, 4.69) is 4.98 Å². The van der Waals surface area contributed by atoms with E-state index in [1.807, 2.05) is 0 Å². The van der Waals surface area contributed by atoms with Gasteiger partial charge in [-0.25, -0.2) is 0 Å². The highest BCUT2D eigenvalue weighted by Gasteiger charge is 2.33. The number of nitriles is 1. The lowest BCUT2D eigenvalue weighted by molar-refractivity contribution is -0.135. The van der Waals surface area contributed by atoms with Gasteiger partial charge in [0.2, 0.25) is 11.8 Å². The van der Waals surface area contributed by atoms with E-state index in [1.54, 1.807) is 6.07 Å². The molecular weight excluding hydrogens is 430 g/mol. The van der Waals surface area contributed by atoms with E-state index in [0.717, 1.165) is 35.0 Å². The summed E-state index contributed by atoms with van der Waals surface area (Å²) in [5.74, 6) is -0.791. The van der Waals surface area contributed by atoms with Gasteiger partial charge in [0.15, 0.2) is 0 Å². The minimum Gasteiger partial charge on any atom is -0.438 e. The zero-order valence-corrected chi connectivity index (χ0v) is 14.9. The quantitative estimate of drug-likeness (QED) is 0.427. The van der Waals surface area contributed by atoms with Crippen LogP contribution in [0.5, 0.6) is 23.3 Å². The third-order valence-corrected chi connectivity index (χ3v) is 4.97. The van der Waals surface area contributed by atoms with Crippen molar-refractivity contribution < 1.29 is 35.8 Å². The van der Waals surface area contributed by atoms with Gasteiger partial charge in [0, 0.05) is 35.0 Å². The summed E-state index contributed by atoms with van der Waals surface area (Å²) in [7, 11) is 0. The van der Waals surface area contributed by atoms with Crippen molar-refractivity contribution in [3.8, 4) is 29.3 Å². The molecule has 0 amide bonds. The van der Waals surface area contributed by atoms with Crippen LogP contribution in [0.15, 0.2) is 35.0 Å². The standard InChI is InChI=1S/C16H6F6N2O2S2/c17-15(18,19)11-3-9(6-27-11)25-13-1-8(5-23)2-14(24-13)26-10-4-12(28-7-10)16(20,21)22/h1-4,6-7H. The van der Waals surface area contributed by atoms with Crippen molar-refractivity contribution in [2.24, 2.45) is 0 Å². The first-order valence-electron chi connectivity index (χ1n) is 7.14. The van der Waals surface area contributed by atoms with Crippen LogP contribution in [0.2, 0.25) is 0 Å². The van der Waals surface area contributed by atoms with Crippen LogP contribution in [0.3, 0.4) is 0 Å². The van der Waals surface area contributed by atoms with E-state index >= 15 is 0 Å². The molecule has 0 unspecified atom stereocenters. The molecule has 146 valence electrons. The summed E-state index contributed by atoms with van der Waals surface area (Å²) < 4.78 is 86.3. The largest absolute Gasteiger partial charge is 0.438 e. The van der Waals surface area contributed by atoms with Gasteiger partial charge in [-0.2, -0.15) is 36.6 Å². The van der Waals surface area contributed by atoms with E-state index in [4.69, 9.17) is 14.7 Å². The van der Waals surface area contributed by atoms with Crippen LogP contribution in [0.1, 0.15) is 15.3 Å². The molecule has 0 aliphatic heterocycles. The molecular formula is C16H6F6N2O2S2. The molecule has 3 heterocycles. The molecule has 4 nitrogen and oxygen atoms in total. The second-order valence-corrected chi connectivity index (χ2v) is 6.96. The Labute approximate surface area is 161 Å². The van der Waals surface area contributed by atoms with Crippen LogP contribution in [-0.2, 0) is 12.4 Å². The Bertz CT molecular complexity index is 960. The summed E-state index contributed by atoms with van der Waals surface area (Å²) in [6.45, 7) is 0. The van der Waals surface area contributed by atoms with Crippen molar-refractivity contribution in [3.05, 3.63) is 50.3 Å². The number of ether oxygens (including phenoxy) is 2. The maximum atomic E-state index is 12.6. The molecule has 3 rings (SSSR count). The zero-order chi connectivity index (χ0) is 20.5. The highest BCUT2D eigenvalue weighted by atomic mass is 32.1. The Hall–Kier alpha value is -2.78. The van der Waals surface area contributed by atoms with E-state index in [-0.39, 0.29) is 28.8 Å². The third kappa shape index (κ3) is 4.73. The number of alkyl halides is 6. The fourth-order valence-electron chi connectivity index (χ4n) is 1.93. The van der Waals surface area contributed by atoms with E-state index in [9.17, 15) is 26.3 Å². The molecule has 0 aliphatic rings. The SMILES string of the molecule is N#Cc1cc(Oc2csc(C(F)(F)F)c2)nc(Oc2csc(C(F)(F)F)c2)c1. The molecule has 0 spiro atoms. The molecule has 0 saturated heterocycles. The molecule has 0 bridgehead atoms. The molecule has 0 radical (unpaired) electrons. The number of aromatic nitrogens is 1. The number of thiophene rings is 2. The monoisotopic (exact) mass is 436 g/mol. The normalized spacial score (nSPS) is 11.9. The number of hydrogen-bond acceptors (Lipinski definition) is 6. The lowest BCUT2D eigenvalue weighted by Crippen LogP contribution is -2.01. The van der Waals surface area contributed by atoms with Crippen LogP contribution < -0.4 is 9.47 Å². The van der Waals surface area contributed by atoms with Crippen molar-refractivity contribution in [3.63, 3.8) is 0 Å². The summed E-state index contributed by atoms with van der Waals surface area (Å²) in [5.41, 5.74) is -0.00227. The van der Waals surface area contributed by atoms with Crippen molar-refractivity contribution in [2.75, 3.05) is 0 Å². The fraction of sp³-hybridized carbons (Fsp3) is 0.125. The minimum absolute atomic E-state index is 0.00227. The first kappa shape index (κ1) is 20.0. The van der Waals surface area contributed by atoms with E-state index < -0.39 is 22.1 Å². The van der Waals surface area contributed by atoms with Gasteiger partial charge in [0.05, 0.1) is 11.6 Å². The second-order valence-electron chi connectivity index (χ2n) is 5.14. The first-order chi connectivity index (χ1) is 13.0. The molecule has 3 aromatic rings. The molecule has 0 aliphatic carbocycles. The Kier molecular flexibility index (Phi) is 5.22. The number of pyridine rings is 1. The Morgan fingerprint density at radius 2 is 1.21 bits per heavy atom. The average molecular weight is 436 g/mol. The topological polar surface area (TPSA) is 55.1 Å². The van der Waals surface area contributed by atoms with Crippen LogP contribution in [-0.4, -0.2) is 4.98 Å². The number of hydrogen-bond donors (Lipinski definition) is 0. The Balaban J connectivity index is 1.83. The Morgan fingerprint density at radius 3 is 1.54 bits per heavy atom. The number of rotatable bonds is 4. The number of nitrogens with zero attached hydrogens (tertiary/aromatic N) is 2. The summed E-state index contributed by atoms with van der Waals surface area (Å²) in [4.78, 5) is 2.10. The highest BCUT2D eigenvalue weighted by Crippen LogP contribution is 2.39. The van der Waals surface area contributed by atoms with Crippen LogP contribution in [0.25, 0.3) is 0 Å². The molecule has 0 atom stereocenters. The van der Waals surface area contributed by atoms with Gasteiger partial charge >= 0.3 is 12.4 Å². The first-order valence-corrected chi connectivity index (χ1v) is 8.90. The molecule has 3 aromatic heterocycles. The van der Waals surface area contributed by atoms with Gasteiger partial charge in [-0.05, 0) is 0 Å². The van der Waals surface area contributed by atoms with Gasteiger partial charge < -0.3 is 9.47 Å². The maximum absolute atomic E-state index is 12.6. The molecule has 0 saturated carbocycles. The van der Waals surface area contributed by atoms with Gasteiger partial charge in [-0.1, -0.05) is 0 Å². The van der Waals surface area contributed by atoms with Gasteiger partial charge in [-0.15, -0.1) is 22.7 Å². The summed E-state index contributed by atoms with van der Waals surface area (Å²) >= 11 is 0.837. The van der Waals surface area contributed by atoms with Crippen LogP contribution in [0, 0.1) is 11.3 Å². The second kappa shape index (κ2) is 7.33. The fourth-order valence-corrected chi connectivity index (χ4v) is 3.29. The predicted molar refractivity (Wildman–Crippen MR) is 87.7 cm³/mol. The summed E-state index contributed by atoms with van der Waals surface area (Å²) in [6, 6.07) is 5.63. The Morgan fingerprint density at radius 1 is 0.786 bits per heavy atom. The van der Waals surface area contributed by atoms with Gasteiger partial charge in [-0.3, -0.25) is 0 Å². The van der Waals surface area contributed by atoms with Crippen molar-refractivity contribution >= 4 is 22.7 Å². The van der Waals surface area contributed by atoms with Crippen LogP contribution >= 0.6 is 22.7 Å². The lowest BCUT2D eigenvalue weighted by atomic mass is 10.3. The summed E-state index contributed by atoms with van der Waals surface area (Å²) in [5, 5.41) is 11.3. The molecule has 0 fully saturated rings. The van der Waals surface area contributed by atoms with Crippen molar-refractivity contribution in [1.82, 2.24) is 4.98 Å². The van der Waals surface area contributed by atoms with Crippen molar-refractivity contribution in [1.29, 1.82) is 5.26 Å². The molecule has 0 aromatic carbocycles. The van der Waals surface area contributed by atoms with Crippen LogP contribution in [0.4, 0.5) is 26.3 Å². The van der Waals surface area contributed by atoms with Gasteiger partial charge in [0.25, 0.3) is 0 Å². The smallest absolute Gasteiger partial charge is 0.425 e. The molecule has 28 heavy (non-hydrogen) atoms. The number of halogens is 6. The van der Waals surface area contributed by atoms with Gasteiger partial charge in [0.1, 0.15) is 21.3 Å². The van der Waals surface area contributed by atoms with E-state index in [0.29, 0.717) is 22.7 Å². The maximum Gasteiger partial charge on any atom is 0.425 e. The predicted octanol–water partition coefficient (Wildman–Crippen LogP) is 6.70. The third-order valence-electron chi connectivity index (χ3n) is 3.06. The lowest BCUT2D eigenvalue weighted by Gasteiger charge is -2.07. The molecule has 12 heteroatoms. The molecule has 0 N–H and O–H groups in total. The summed E-state index contributed by atoms with van der Waals surface area (Å²) in [6.07, 6.45) is -9.06. The highest BCUT2D eigenvalue weighted by molar-refractivity contribution is 7.10. The average Bonchev–Trinajstić information content (AvgIpc) is 3.23. The van der Waals surface area contributed by atoms with E-state index in [1.165, 1.54) is 0 Å².